The molecule has 3 heterocycles. The molecule has 0 radical (unpaired) electrons. The lowest BCUT2D eigenvalue weighted by Crippen LogP contribution is -2.25. The van der Waals surface area contributed by atoms with Crippen LogP contribution >= 0.6 is 34.9 Å². The Kier molecular flexibility index (Phi) is 3.38. The van der Waals surface area contributed by atoms with Crippen LogP contribution in [0.25, 0.3) is 10.2 Å². The minimum atomic E-state index is 0.00376. The quantitative estimate of drug-likeness (QED) is 0.743. The third-order valence-electron chi connectivity index (χ3n) is 3.07. The minimum Gasteiger partial charge on any atom is -0.323 e. The third-order valence-corrected chi connectivity index (χ3v) is 5.10. The van der Waals surface area contributed by atoms with E-state index in [0.717, 1.165) is 16.6 Å². The van der Waals surface area contributed by atoms with Crippen LogP contribution in [-0.2, 0) is 6.42 Å². The number of rotatable bonds is 3. The number of hydrogen-bond acceptors (Lipinski definition) is 4. The zero-order chi connectivity index (χ0) is 13.4. The van der Waals surface area contributed by atoms with Gasteiger partial charge in [-0.1, -0.05) is 6.07 Å². The zero-order valence-electron chi connectivity index (χ0n) is 10.3. The molecule has 0 aliphatic rings. The molecule has 0 aliphatic carbocycles. The molecule has 0 amide bonds. The van der Waals surface area contributed by atoms with Gasteiger partial charge < -0.3 is 4.98 Å². The van der Waals surface area contributed by atoms with Crippen LogP contribution < -0.4 is 5.56 Å². The zero-order valence-corrected chi connectivity index (χ0v) is 12.7. The largest absolute Gasteiger partial charge is 0.323 e. The third kappa shape index (κ3) is 2.31. The SMILES string of the molecule is CC(Cc1cccs1)n1c(=S)[nH]c2sccc2c1=O. The van der Waals surface area contributed by atoms with Crippen molar-refractivity contribution in [2.75, 3.05) is 0 Å². The van der Waals surface area contributed by atoms with Crippen LogP contribution in [0.2, 0.25) is 0 Å². The lowest BCUT2D eigenvalue weighted by molar-refractivity contribution is 0.520. The van der Waals surface area contributed by atoms with Gasteiger partial charge in [0.1, 0.15) is 4.83 Å². The summed E-state index contributed by atoms with van der Waals surface area (Å²) in [5.74, 6) is 0. The molecule has 1 N–H and O–H groups in total. The van der Waals surface area contributed by atoms with Gasteiger partial charge in [-0.2, -0.15) is 0 Å². The molecule has 3 nitrogen and oxygen atoms in total. The molecular weight excluding hydrogens is 296 g/mol. The van der Waals surface area contributed by atoms with Gasteiger partial charge in [-0.3, -0.25) is 9.36 Å². The monoisotopic (exact) mass is 308 g/mol. The van der Waals surface area contributed by atoms with Gasteiger partial charge in [-0.25, -0.2) is 0 Å². The van der Waals surface area contributed by atoms with Gasteiger partial charge in [0.2, 0.25) is 0 Å². The highest BCUT2D eigenvalue weighted by Crippen LogP contribution is 2.19. The first kappa shape index (κ1) is 12.8. The van der Waals surface area contributed by atoms with Crippen molar-refractivity contribution in [2.45, 2.75) is 19.4 Å². The predicted molar refractivity (Wildman–Crippen MR) is 84.0 cm³/mol. The van der Waals surface area contributed by atoms with Crippen molar-refractivity contribution in [3.63, 3.8) is 0 Å². The predicted octanol–water partition coefficient (Wildman–Crippen LogP) is 3.99. The topological polar surface area (TPSA) is 37.8 Å². The van der Waals surface area contributed by atoms with Crippen molar-refractivity contribution in [1.29, 1.82) is 0 Å². The lowest BCUT2D eigenvalue weighted by Gasteiger charge is -2.14. The van der Waals surface area contributed by atoms with Crippen LogP contribution in [0.1, 0.15) is 17.8 Å². The van der Waals surface area contributed by atoms with Crippen LogP contribution in [0.15, 0.2) is 33.8 Å². The van der Waals surface area contributed by atoms with E-state index in [0.29, 0.717) is 4.77 Å². The standard InChI is InChI=1S/C13H12N2OS3/c1-8(7-9-3-2-5-18-9)15-12(16)10-4-6-19-11(10)14-13(15)17/h2-6,8H,7H2,1H3,(H,14,17). The van der Waals surface area contributed by atoms with E-state index >= 15 is 0 Å². The summed E-state index contributed by atoms with van der Waals surface area (Å²) in [5, 5.41) is 4.68. The maximum absolute atomic E-state index is 12.5. The Balaban J connectivity index is 2.09. The maximum atomic E-state index is 12.5. The Bertz CT molecular complexity index is 810. The molecule has 3 rings (SSSR count). The van der Waals surface area contributed by atoms with E-state index in [1.807, 2.05) is 29.8 Å². The fourth-order valence-corrected chi connectivity index (χ4v) is 4.20. The smallest absolute Gasteiger partial charge is 0.263 e. The van der Waals surface area contributed by atoms with E-state index in [2.05, 4.69) is 11.1 Å². The minimum absolute atomic E-state index is 0.00376. The number of H-pyrrole nitrogens is 1. The summed E-state index contributed by atoms with van der Waals surface area (Å²) in [6, 6.07) is 6.02. The fraction of sp³-hybridized carbons (Fsp3) is 0.231. The highest BCUT2D eigenvalue weighted by atomic mass is 32.1. The van der Waals surface area contributed by atoms with Crippen molar-refractivity contribution < 1.29 is 0 Å². The van der Waals surface area contributed by atoms with Crippen LogP contribution in [0.3, 0.4) is 0 Å². The van der Waals surface area contributed by atoms with Crippen LogP contribution in [0, 0.1) is 4.77 Å². The first-order chi connectivity index (χ1) is 9.16. The molecule has 0 aromatic carbocycles. The van der Waals surface area contributed by atoms with E-state index in [9.17, 15) is 4.79 Å². The normalized spacial score (nSPS) is 12.9. The highest BCUT2D eigenvalue weighted by Gasteiger charge is 2.13. The Labute approximate surface area is 123 Å². The van der Waals surface area contributed by atoms with Gasteiger partial charge in [0.25, 0.3) is 5.56 Å². The number of thiophene rings is 2. The highest BCUT2D eigenvalue weighted by molar-refractivity contribution is 7.71. The van der Waals surface area contributed by atoms with Gasteiger partial charge in [-0.15, -0.1) is 22.7 Å². The number of fused-ring (bicyclic) bond motifs is 1. The summed E-state index contributed by atoms with van der Waals surface area (Å²) < 4.78 is 2.19. The molecular formula is C13H12N2OS3. The molecule has 0 bridgehead atoms. The molecule has 1 atom stereocenters. The Morgan fingerprint density at radius 1 is 1.37 bits per heavy atom. The van der Waals surface area contributed by atoms with Crippen molar-refractivity contribution in [1.82, 2.24) is 9.55 Å². The number of nitrogens with zero attached hydrogens (tertiary/aromatic N) is 1. The second-order valence-corrected chi connectivity index (χ2v) is 6.74. The van der Waals surface area contributed by atoms with E-state index in [1.165, 1.54) is 16.2 Å². The number of hydrogen-bond donors (Lipinski definition) is 1. The number of aromatic amines is 1. The Hall–Kier alpha value is -1.24. The Morgan fingerprint density at radius 3 is 2.95 bits per heavy atom. The molecule has 98 valence electrons. The molecule has 0 saturated heterocycles. The van der Waals surface area contributed by atoms with Gasteiger partial charge in [0, 0.05) is 17.3 Å². The molecule has 0 spiro atoms. The van der Waals surface area contributed by atoms with Crippen molar-refractivity contribution in [3.8, 4) is 0 Å². The number of nitrogens with one attached hydrogen (secondary N) is 1. The summed E-state index contributed by atoms with van der Waals surface area (Å²) in [5.41, 5.74) is 0.00376. The molecule has 0 saturated carbocycles. The van der Waals surface area contributed by atoms with E-state index in [4.69, 9.17) is 12.2 Å². The van der Waals surface area contributed by atoms with Gasteiger partial charge in [-0.05, 0) is 42.0 Å². The fourth-order valence-electron chi connectivity index (χ4n) is 2.17. The van der Waals surface area contributed by atoms with Crippen molar-refractivity contribution in [3.05, 3.63) is 49.0 Å². The second-order valence-electron chi connectivity index (χ2n) is 4.40. The van der Waals surface area contributed by atoms with Gasteiger partial charge in [0.05, 0.1) is 5.39 Å². The van der Waals surface area contributed by atoms with E-state index < -0.39 is 0 Å². The van der Waals surface area contributed by atoms with Crippen molar-refractivity contribution in [2.24, 2.45) is 0 Å². The van der Waals surface area contributed by atoms with Crippen LogP contribution in [0.4, 0.5) is 0 Å². The summed E-state index contributed by atoms with van der Waals surface area (Å²) in [6.45, 7) is 2.03. The molecule has 19 heavy (non-hydrogen) atoms. The average Bonchev–Trinajstić information content (AvgIpc) is 2.99. The molecule has 3 aromatic heterocycles. The molecule has 1 unspecified atom stereocenters. The summed E-state index contributed by atoms with van der Waals surface area (Å²) in [6.07, 6.45) is 0.824. The van der Waals surface area contributed by atoms with Gasteiger partial charge >= 0.3 is 0 Å². The van der Waals surface area contributed by atoms with Crippen LogP contribution in [0.5, 0.6) is 0 Å². The van der Waals surface area contributed by atoms with Crippen molar-refractivity contribution >= 4 is 45.1 Å². The van der Waals surface area contributed by atoms with E-state index in [1.54, 1.807) is 15.9 Å². The summed E-state index contributed by atoms with van der Waals surface area (Å²) >= 11 is 8.54. The first-order valence-electron chi connectivity index (χ1n) is 5.91. The molecule has 0 aliphatic heterocycles. The molecule has 0 fully saturated rings. The first-order valence-corrected chi connectivity index (χ1v) is 8.08. The summed E-state index contributed by atoms with van der Waals surface area (Å²) in [7, 11) is 0. The average molecular weight is 308 g/mol. The number of aromatic nitrogens is 2. The van der Waals surface area contributed by atoms with E-state index in [-0.39, 0.29) is 11.6 Å². The molecule has 3 aromatic rings. The lowest BCUT2D eigenvalue weighted by atomic mass is 10.2. The Morgan fingerprint density at radius 2 is 2.21 bits per heavy atom. The second kappa shape index (κ2) is 5.03. The molecule has 6 heteroatoms. The van der Waals surface area contributed by atoms with Gasteiger partial charge in [0.15, 0.2) is 4.77 Å². The van der Waals surface area contributed by atoms with Crippen LogP contribution in [-0.4, -0.2) is 9.55 Å². The maximum Gasteiger partial charge on any atom is 0.263 e. The summed E-state index contributed by atoms with van der Waals surface area (Å²) in [4.78, 5) is 17.7.